The number of β-amino-alcohol motifs (C(OH)–C–C–N with tert-alkyl or cyclic N) is 1. The van der Waals surface area contributed by atoms with Crippen LogP contribution in [0.25, 0.3) is 10.8 Å². The van der Waals surface area contributed by atoms with E-state index in [1.54, 1.807) is 18.2 Å². The third-order valence-corrected chi connectivity index (χ3v) is 7.32. The van der Waals surface area contributed by atoms with Gasteiger partial charge < -0.3 is 31.9 Å². The van der Waals surface area contributed by atoms with E-state index in [1.807, 2.05) is 12.1 Å². The number of carbonyl (C=O) groups excluding carboxylic acids is 2. The lowest BCUT2D eigenvalue weighted by Crippen LogP contribution is -2.54. The van der Waals surface area contributed by atoms with Gasteiger partial charge in [0.15, 0.2) is 5.96 Å². The Bertz CT molecular complexity index is 1220. The molecule has 2 amide bonds. The summed E-state index contributed by atoms with van der Waals surface area (Å²) in [5, 5.41) is 24.2. The monoisotopic (exact) mass is 520 g/mol. The van der Waals surface area contributed by atoms with Gasteiger partial charge in [0.05, 0.1) is 17.6 Å². The molecular weight excluding hydrogens is 488 g/mol. The van der Waals surface area contributed by atoms with Crippen LogP contribution in [0.3, 0.4) is 0 Å². The van der Waals surface area contributed by atoms with Crippen LogP contribution in [0, 0.1) is 0 Å². The van der Waals surface area contributed by atoms with Crippen LogP contribution in [0.5, 0.6) is 0 Å². The Labute approximate surface area is 209 Å². The number of sulfonamides is 1. The van der Waals surface area contributed by atoms with Crippen molar-refractivity contribution in [1.82, 2.24) is 14.9 Å². The molecule has 2 aromatic carbocycles. The summed E-state index contributed by atoms with van der Waals surface area (Å²) in [6, 6.07) is 9.22. The number of aliphatic imine (C=N–C) groups is 1. The predicted octanol–water partition coefficient (Wildman–Crippen LogP) is -1.39. The lowest BCUT2D eigenvalue weighted by molar-refractivity contribution is -0.140. The highest BCUT2D eigenvalue weighted by atomic mass is 32.2. The van der Waals surface area contributed by atoms with E-state index in [9.17, 15) is 28.2 Å². The topological polar surface area (TPSA) is 200 Å². The summed E-state index contributed by atoms with van der Waals surface area (Å²) in [4.78, 5) is 30.7. The quantitative estimate of drug-likeness (QED) is 0.118. The van der Waals surface area contributed by atoms with Crippen molar-refractivity contribution in [2.24, 2.45) is 16.5 Å². The number of unbranched alkanes of at least 4 members (excludes halogenated alkanes) is 1. The zero-order chi connectivity index (χ0) is 26.3. The van der Waals surface area contributed by atoms with Crippen molar-refractivity contribution >= 4 is 38.6 Å². The summed E-state index contributed by atoms with van der Waals surface area (Å²) in [7, 11) is -4.17. The number of aliphatic hydroxyl groups excluding tert-OH is 2. The molecule has 1 unspecified atom stereocenters. The van der Waals surface area contributed by atoms with E-state index in [0.29, 0.717) is 31.3 Å². The van der Waals surface area contributed by atoms with Crippen molar-refractivity contribution in [3.8, 4) is 0 Å². The minimum atomic E-state index is -4.17. The average molecular weight is 521 g/mol. The molecule has 0 saturated carbocycles. The number of carbonyl (C=O) groups is 2. The summed E-state index contributed by atoms with van der Waals surface area (Å²) < 4.78 is 28.2. The number of nitrogens with two attached hydrogens (primary N) is 2. The molecule has 13 heteroatoms. The normalized spacial score (nSPS) is 18.7. The van der Waals surface area contributed by atoms with E-state index in [0.717, 1.165) is 10.3 Å². The maximum absolute atomic E-state index is 13.1. The van der Waals surface area contributed by atoms with Gasteiger partial charge in [-0.25, -0.2) is 8.42 Å². The van der Waals surface area contributed by atoms with E-state index in [2.05, 4.69) is 15.0 Å². The van der Waals surface area contributed by atoms with Gasteiger partial charge in [-0.15, -0.1) is 0 Å². The highest BCUT2D eigenvalue weighted by Gasteiger charge is 2.41. The molecule has 0 bridgehead atoms. The highest BCUT2D eigenvalue weighted by Crippen LogP contribution is 2.22. The number of nitrogens with one attached hydrogen (secondary N) is 2. The molecule has 1 heterocycles. The summed E-state index contributed by atoms with van der Waals surface area (Å²) in [6.45, 7) is -0.251. The van der Waals surface area contributed by atoms with E-state index in [-0.39, 0.29) is 23.8 Å². The van der Waals surface area contributed by atoms with Crippen molar-refractivity contribution in [1.29, 1.82) is 0 Å². The lowest BCUT2D eigenvalue weighted by atomic mass is 10.1. The van der Waals surface area contributed by atoms with E-state index in [1.165, 1.54) is 12.1 Å². The Morgan fingerprint density at radius 2 is 1.86 bits per heavy atom. The average Bonchev–Trinajstić information content (AvgIpc) is 3.25. The van der Waals surface area contributed by atoms with E-state index in [4.69, 9.17) is 11.5 Å². The largest absolute Gasteiger partial charge is 0.394 e. The van der Waals surface area contributed by atoms with Crippen LogP contribution >= 0.6 is 0 Å². The van der Waals surface area contributed by atoms with E-state index >= 15 is 0 Å². The fourth-order valence-corrected chi connectivity index (χ4v) is 5.25. The molecule has 0 radical (unpaired) electrons. The number of nitrogens with zero attached hydrogens (tertiary/aromatic N) is 2. The number of amides is 2. The Balaban J connectivity index is 1.65. The second-order valence-corrected chi connectivity index (χ2v) is 10.3. The number of likely N-dealkylation sites (tertiary alicyclic amines) is 1. The number of rotatable bonds is 11. The molecule has 1 saturated heterocycles. The molecule has 3 rings (SSSR count). The van der Waals surface area contributed by atoms with Crippen LogP contribution in [0.2, 0.25) is 0 Å². The van der Waals surface area contributed by atoms with Gasteiger partial charge in [-0.2, -0.15) is 4.72 Å². The first-order valence-electron chi connectivity index (χ1n) is 11.6. The molecule has 12 nitrogen and oxygen atoms in total. The SMILES string of the molecule is NC(N)=NCCCCNC(=O)[C@@H]1CC(O)CN1C(=O)[C@H](CO)NS(=O)(=O)c1ccc2ccccc2c1. The van der Waals surface area contributed by atoms with Crippen LogP contribution in [0.15, 0.2) is 52.4 Å². The van der Waals surface area contributed by atoms with Gasteiger partial charge in [0.1, 0.15) is 12.1 Å². The number of hydrogen-bond donors (Lipinski definition) is 6. The van der Waals surface area contributed by atoms with Crippen LogP contribution < -0.4 is 21.5 Å². The summed E-state index contributed by atoms with van der Waals surface area (Å²) in [6.07, 6.45) is 0.276. The molecule has 1 aliphatic rings. The van der Waals surface area contributed by atoms with Crippen LogP contribution in [0.4, 0.5) is 0 Å². The van der Waals surface area contributed by atoms with Crippen molar-refractivity contribution in [3.05, 3.63) is 42.5 Å². The number of benzene rings is 2. The maximum atomic E-state index is 13.1. The van der Waals surface area contributed by atoms with Gasteiger partial charge in [-0.05, 0) is 35.7 Å². The minimum Gasteiger partial charge on any atom is -0.394 e. The molecular formula is C23H32N6O6S. The third-order valence-electron chi connectivity index (χ3n) is 5.85. The van der Waals surface area contributed by atoms with Gasteiger partial charge in [0.25, 0.3) is 0 Å². The lowest BCUT2D eigenvalue weighted by Gasteiger charge is -2.27. The second-order valence-electron chi connectivity index (χ2n) is 8.57. The molecule has 2 aromatic rings. The molecule has 1 aliphatic heterocycles. The van der Waals surface area contributed by atoms with Crippen LogP contribution in [0.1, 0.15) is 19.3 Å². The van der Waals surface area contributed by atoms with Crippen molar-refractivity contribution in [2.45, 2.75) is 42.3 Å². The van der Waals surface area contributed by atoms with Crippen molar-refractivity contribution in [2.75, 3.05) is 26.2 Å². The summed E-state index contributed by atoms with van der Waals surface area (Å²) in [5.41, 5.74) is 10.5. The molecule has 36 heavy (non-hydrogen) atoms. The Hall–Kier alpha value is -3.26. The van der Waals surface area contributed by atoms with Crippen molar-refractivity contribution < 1.29 is 28.2 Å². The zero-order valence-corrected chi connectivity index (χ0v) is 20.5. The maximum Gasteiger partial charge on any atom is 0.243 e. The predicted molar refractivity (Wildman–Crippen MR) is 134 cm³/mol. The standard InChI is InChI=1S/C23H32N6O6S/c24-23(25)27-10-4-3-9-26-21(32)20-12-17(31)13-29(20)22(33)19(14-30)28-36(34,35)18-8-7-15-5-1-2-6-16(15)11-18/h1-2,5-8,11,17,19-20,28,30-31H,3-4,9-10,12-14H2,(H,26,32)(H4,24,25,27)/t17?,19-,20-/m0/s1. The van der Waals surface area contributed by atoms with Crippen molar-refractivity contribution in [3.63, 3.8) is 0 Å². The van der Waals surface area contributed by atoms with Gasteiger partial charge in [0, 0.05) is 26.1 Å². The number of aliphatic hydroxyl groups is 2. The van der Waals surface area contributed by atoms with Crippen LogP contribution in [-0.2, 0) is 19.6 Å². The third kappa shape index (κ3) is 6.91. The molecule has 0 spiro atoms. The first kappa shape index (κ1) is 27.3. The second kappa shape index (κ2) is 12.1. The number of fused-ring (bicyclic) bond motifs is 1. The van der Waals surface area contributed by atoms with Gasteiger partial charge in [-0.3, -0.25) is 14.6 Å². The molecule has 3 atom stereocenters. The first-order chi connectivity index (χ1) is 17.1. The molecule has 0 aromatic heterocycles. The van der Waals surface area contributed by atoms with E-state index < -0.39 is 46.6 Å². The fourth-order valence-electron chi connectivity index (χ4n) is 4.04. The molecule has 1 fully saturated rings. The summed E-state index contributed by atoms with van der Waals surface area (Å²) >= 11 is 0. The zero-order valence-electron chi connectivity index (χ0n) is 19.7. The minimum absolute atomic E-state index is 0.00114. The Morgan fingerprint density at radius 1 is 1.14 bits per heavy atom. The fraction of sp³-hybridized carbons (Fsp3) is 0.435. The number of guanidine groups is 1. The number of hydrogen-bond acceptors (Lipinski definition) is 7. The Kier molecular flexibility index (Phi) is 9.20. The molecule has 196 valence electrons. The highest BCUT2D eigenvalue weighted by molar-refractivity contribution is 7.89. The smallest absolute Gasteiger partial charge is 0.243 e. The summed E-state index contributed by atoms with van der Waals surface area (Å²) in [5.74, 6) is -1.29. The molecule has 0 aliphatic carbocycles. The van der Waals surface area contributed by atoms with Gasteiger partial charge >= 0.3 is 0 Å². The van der Waals surface area contributed by atoms with Gasteiger partial charge in [-0.1, -0.05) is 30.3 Å². The molecule has 8 N–H and O–H groups in total. The Morgan fingerprint density at radius 3 is 2.56 bits per heavy atom. The van der Waals surface area contributed by atoms with Gasteiger partial charge in [0.2, 0.25) is 21.8 Å². The van der Waals surface area contributed by atoms with Crippen LogP contribution in [-0.4, -0.2) is 85.7 Å². The first-order valence-corrected chi connectivity index (χ1v) is 13.0.